The van der Waals surface area contributed by atoms with Crippen molar-refractivity contribution in [2.45, 2.75) is 52.1 Å². The van der Waals surface area contributed by atoms with Crippen LogP contribution in [0.3, 0.4) is 0 Å². The molecule has 0 spiro atoms. The first kappa shape index (κ1) is 13.9. The van der Waals surface area contributed by atoms with Gasteiger partial charge in [0.2, 0.25) is 5.91 Å². The van der Waals surface area contributed by atoms with E-state index >= 15 is 0 Å². The maximum absolute atomic E-state index is 12.2. The van der Waals surface area contributed by atoms with E-state index in [0.29, 0.717) is 5.92 Å². The number of para-hydroxylation sites is 1. The molecule has 1 amide bonds. The smallest absolute Gasteiger partial charge is 0.243 e. The summed E-state index contributed by atoms with van der Waals surface area (Å²) in [5.74, 6) is 0.806. The Bertz CT molecular complexity index is 417. The fourth-order valence-electron chi connectivity index (χ4n) is 2.45. The van der Waals surface area contributed by atoms with Crippen molar-refractivity contribution in [1.82, 2.24) is 5.32 Å². The van der Waals surface area contributed by atoms with Crippen LogP contribution in [-0.4, -0.2) is 18.0 Å². The monoisotopic (exact) mass is 260 g/mol. The Kier molecular flexibility index (Phi) is 4.46. The van der Waals surface area contributed by atoms with Crippen molar-refractivity contribution in [3.05, 3.63) is 29.8 Å². The molecule has 2 rings (SSSR count). The van der Waals surface area contributed by atoms with Crippen LogP contribution in [0.4, 0.5) is 5.69 Å². The predicted octanol–water partition coefficient (Wildman–Crippen LogP) is 2.96. The summed E-state index contributed by atoms with van der Waals surface area (Å²) < 4.78 is 0. The average molecular weight is 260 g/mol. The Labute approximate surface area is 115 Å². The Morgan fingerprint density at radius 2 is 2.05 bits per heavy atom. The highest BCUT2D eigenvalue weighted by Crippen LogP contribution is 2.25. The van der Waals surface area contributed by atoms with Gasteiger partial charge in [0, 0.05) is 18.2 Å². The number of rotatable bonds is 5. The van der Waals surface area contributed by atoms with Gasteiger partial charge in [-0.2, -0.15) is 0 Å². The van der Waals surface area contributed by atoms with Gasteiger partial charge >= 0.3 is 0 Å². The molecule has 19 heavy (non-hydrogen) atoms. The van der Waals surface area contributed by atoms with E-state index in [2.05, 4.69) is 37.5 Å². The minimum atomic E-state index is -0.112. The van der Waals surface area contributed by atoms with Gasteiger partial charge in [0.05, 0.1) is 0 Å². The molecule has 2 N–H and O–H groups in total. The van der Waals surface area contributed by atoms with E-state index < -0.39 is 0 Å². The van der Waals surface area contributed by atoms with Crippen LogP contribution in [0.2, 0.25) is 0 Å². The molecule has 1 aromatic carbocycles. The van der Waals surface area contributed by atoms with Gasteiger partial charge in [0.1, 0.15) is 6.04 Å². The van der Waals surface area contributed by atoms with Gasteiger partial charge in [-0.05, 0) is 37.3 Å². The molecule has 104 valence electrons. The normalized spacial score (nSPS) is 18.8. The summed E-state index contributed by atoms with van der Waals surface area (Å²) in [5.41, 5.74) is 2.33. The molecule has 0 saturated heterocycles. The number of carbonyl (C=O) groups is 1. The summed E-state index contributed by atoms with van der Waals surface area (Å²) in [5, 5.41) is 6.40. The molecule has 1 aliphatic heterocycles. The van der Waals surface area contributed by atoms with Crippen LogP contribution in [0, 0.1) is 5.92 Å². The molecule has 1 aromatic rings. The number of hydrogen-bond acceptors (Lipinski definition) is 2. The Morgan fingerprint density at radius 3 is 2.74 bits per heavy atom. The third-order valence-electron chi connectivity index (χ3n) is 3.65. The molecule has 1 heterocycles. The van der Waals surface area contributed by atoms with Crippen molar-refractivity contribution < 1.29 is 4.79 Å². The van der Waals surface area contributed by atoms with Crippen molar-refractivity contribution in [1.29, 1.82) is 0 Å². The summed E-state index contributed by atoms with van der Waals surface area (Å²) in [6.07, 6.45) is 2.99. The van der Waals surface area contributed by atoms with Gasteiger partial charge < -0.3 is 10.6 Å². The summed E-state index contributed by atoms with van der Waals surface area (Å²) in [6, 6.07) is 8.27. The van der Waals surface area contributed by atoms with E-state index in [4.69, 9.17) is 0 Å². The second-order valence-corrected chi connectivity index (χ2v) is 5.94. The SMILES string of the molecule is CC(C)CCC(C)NC(=O)[C@@H]1Cc2ccccc2N1. The fourth-order valence-corrected chi connectivity index (χ4v) is 2.45. The minimum absolute atomic E-state index is 0.112. The Morgan fingerprint density at radius 1 is 1.32 bits per heavy atom. The van der Waals surface area contributed by atoms with Crippen LogP contribution in [0.15, 0.2) is 24.3 Å². The van der Waals surface area contributed by atoms with E-state index in [9.17, 15) is 4.79 Å². The lowest BCUT2D eigenvalue weighted by atomic mass is 10.0. The van der Waals surface area contributed by atoms with E-state index in [-0.39, 0.29) is 18.0 Å². The minimum Gasteiger partial charge on any atom is -0.373 e. The highest BCUT2D eigenvalue weighted by Gasteiger charge is 2.26. The van der Waals surface area contributed by atoms with Crippen LogP contribution < -0.4 is 10.6 Å². The standard InChI is InChI=1S/C16H24N2O/c1-11(2)8-9-12(3)17-16(19)15-10-13-6-4-5-7-14(13)18-15/h4-7,11-12,15,18H,8-10H2,1-3H3,(H,17,19)/t12?,15-/m0/s1. The van der Waals surface area contributed by atoms with E-state index in [1.807, 2.05) is 18.2 Å². The molecule has 0 aliphatic carbocycles. The molecular formula is C16H24N2O. The van der Waals surface area contributed by atoms with Gasteiger partial charge in [-0.15, -0.1) is 0 Å². The van der Waals surface area contributed by atoms with Crippen molar-refractivity contribution in [2.24, 2.45) is 5.92 Å². The Hall–Kier alpha value is -1.51. The third-order valence-corrected chi connectivity index (χ3v) is 3.65. The number of anilines is 1. The molecule has 1 aliphatic rings. The number of carbonyl (C=O) groups excluding carboxylic acids is 1. The lowest BCUT2D eigenvalue weighted by Gasteiger charge is -2.18. The Balaban J connectivity index is 1.82. The zero-order chi connectivity index (χ0) is 13.8. The summed E-state index contributed by atoms with van der Waals surface area (Å²) in [7, 11) is 0. The number of hydrogen-bond donors (Lipinski definition) is 2. The van der Waals surface area contributed by atoms with Gasteiger partial charge in [0.15, 0.2) is 0 Å². The highest BCUT2D eigenvalue weighted by atomic mass is 16.2. The van der Waals surface area contributed by atoms with Crippen LogP contribution in [-0.2, 0) is 11.2 Å². The fraction of sp³-hybridized carbons (Fsp3) is 0.562. The first-order chi connectivity index (χ1) is 9.06. The topological polar surface area (TPSA) is 41.1 Å². The number of nitrogens with one attached hydrogen (secondary N) is 2. The van der Waals surface area contributed by atoms with Gasteiger partial charge in [-0.3, -0.25) is 4.79 Å². The molecule has 3 nitrogen and oxygen atoms in total. The lowest BCUT2D eigenvalue weighted by Crippen LogP contribution is -2.42. The van der Waals surface area contributed by atoms with E-state index in [1.54, 1.807) is 0 Å². The summed E-state index contributed by atoms with van der Waals surface area (Å²) >= 11 is 0. The largest absolute Gasteiger partial charge is 0.373 e. The molecule has 0 radical (unpaired) electrons. The second-order valence-electron chi connectivity index (χ2n) is 5.94. The highest BCUT2D eigenvalue weighted by molar-refractivity contribution is 5.87. The van der Waals surface area contributed by atoms with E-state index in [1.165, 1.54) is 5.56 Å². The molecule has 0 fully saturated rings. The van der Waals surface area contributed by atoms with Crippen LogP contribution in [0.1, 0.15) is 39.2 Å². The first-order valence-corrected chi connectivity index (χ1v) is 7.21. The van der Waals surface area contributed by atoms with Crippen molar-refractivity contribution in [3.8, 4) is 0 Å². The maximum atomic E-state index is 12.2. The van der Waals surface area contributed by atoms with Gasteiger partial charge in [0.25, 0.3) is 0 Å². The van der Waals surface area contributed by atoms with Gasteiger partial charge in [-0.1, -0.05) is 32.0 Å². The molecule has 2 atom stereocenters. The summed E-state index contributed by atoms with van der Waals surface area (Å²) in [4.78, 5) is 12.2. The second kappa shape index (κ2) is 6.09. The first-order valence-electron chi connectivity index (χ1n) is 7.21. The summed E-state index contributed by atoms with van der Waals surface area (Å²) in [6.45, 7) is 6.51. The number of fused-ring (bicyclic) bond motifs is 1. The van der Waals surface area contributed by atoms with Crippen molar-refractivity contribution in [2.75, 3.05) is 5.32 Å². The van der Waals surface area contributed by atoms with Crippen LogP contribution in [0.25, 0.3) is 0 Å². The quantitative estimate of drug-likeness (QED) is 0.854. The molecule has 1 unspecified atom stereocenters. The van der Waals surface area contributed by atoms with Crippen LogP contribution >= 0.6 is 0 Å². The van der Waals surface area contributed by atoms with Gasteiger partial charge in [-0.25, -0.2) is 0 Å². The third kappa shape index (κ3) is 3.72. The van der Waals surface area contributed by atoms with Crippen LogP contribution in [0.5, 0.6) is 0 Å². The molecule has 3 heteroatoms. The average Bonchev–Trinajstić information content (AvgIpc) is 2.80. The number of benzene rings is 1. The molecule has 0 saturated carbocycles. The number of amides is 1. The molecular weight excluding hydrogens is 236 g/mol. The molecule has 0 aromatic heterocycles. The van der Waals surface area contributed by atoms with Crippen molar-refractivity contribution >= 4 is 11.6 Å². The van der Waals surface area contributed by atoms with Crippen molar-refractivity contribution in [3.63, 3.8) is 0 Å². The maximum Gasteiger partial charge on any atom is 0.243 e. The zero-order valence-corrected chi connectivity index (χ0v) is 12.1. The van der Waals surface area contributed by atoms with E-state index in [0.717, 1.165) is 24.9 Å². The molecule has 0 bridgehead atoms. The lowest BCUT2D eigenvalue weighted by molar-refractivity contribution is -0.122. The predicted molar refractivity (Wildman–Crippen MR) is 79.2 cm³/mol. The zero-order valence-electron chi connectivity index (χ0n) is 12.1.